The molecule has 2 unspecified atom stereocenters. The first kappa shape index (κ1) is 29.1. The van der Waals surface area contributed by atoms with Crippen LogP contribution in [0.2, 0.25) is 0 Å². The van der Waals surface area contributed by atoms with E-state index in [4.69, 9.17) is 5.10 Å². The maximum atomic E-state index is 16.1. The average Bonchev–Trinajstić information content (AvgIpc) is 3.62. The van der Waals surface area contributed by atoms with Crippen molar-refractivity contribution < 1.29 is 9.18 Å². The highest BCUT2D eigenvalue weighted by Crippen LogP contribution is 2.38. The first-order valence-corrected chi connectivity index (χ1v) is 17.0. The lowest BCUT2D eigenvalue weighted by molar-refractivity contribution is -0.116. The van der Waals surface area contributed by atoms with E-state index >= 15 is 4.39 Å². The van der Waals surface area contributed by atoms with E-state index in [2.05, 4.69) is 34.5 Å². The normalized spacial score (nSPS) is 22.3. The van der Waals surface area contributed by atoms with Gasteiger partial charge in [0.1, 0.15) is 5.82 Å². The van der Waals surface area contributed by atoms with Gasteiger partial charge in [-0.2, -0.15) is 5.10 Å². The predicted octanol–water partition coefficient (Wildman–Crippen LogP) is 8.04. The fraction of sp³-hybridized carbons (Fsp3) is 0.351. The number of likely N-dealkylation sites (tertiary alicyclic amines) is 1. The van der Waals surface area contributed by atoms with Crippen LogP contribution in [0.15, 0.2) is 72.3 Å². The van der Waals surface area contributed by atoms with Gasteiger partial charge in [-0.3, -0.25) is 14.4 Å². The van der Waals surface area contributed by atoms with Crippen LogP contribution < -0.4 is 5.32 Å². The summed E-state index contributed by atoms with van der Waals surface area (Å²) in [6.07, 6.45) is 13.1. The number of rotatable bonds is 7. The summed E-state index contributed by atoms with van der Waals surface area (Å²) in [6.45, 7) is 3.91. The fourth-order valence-electron chi connectivity index (χ4n) is 6.78. The molecule has 0 spiro atoms. The van der Waals surface area contributed by atoms with E-state index in [-0.39, 0.29) is 23.0 Å². The van der Waals surface area contributed by atoms with Crippen LogP contribution >= 0.6 is 11.8 Å². The number of nitrogens with one attached hydrogen (secondary N) is 1. The van der Waals surface area contributed by atoms with Crippen molar-refractivity contribution >= 4 is 46.8 Å². The van der Waals surface area contributed by atoms with Crippen LogP contribution in [0.4, 0.5) is 4.39 Å². The zero-order valence-electron chi connectivity index (χ0n) is 25.1. The van der Waals surface area contributed by atoms with E-state index in [9.17, 15) is 4.79 Å². The van der Waals surface area contributed by atoms with Gasteiger partial charge in [0, 0.05) is 24.6 Å². The number of halogens is 1. The van der Waals surface area contributed by atoms with Gasteiger partial charge in [-0.15, -0.1) is 11.8 Å². The molecule has 0 saturated carbocycles. The molecule has 0 bridgehead atoms. The summed E-state index contributed by atoms with van der Waals surface area (Å²) in [5, 5.41) is 8.67. The molecular weight excluding hydrogens is 567 g/mol. The zero-order chi connectivity index (χ0) is 29.9. The second-order valence-corrected chi connectivity index (χ2v) is 13.5. The molecule has 1 N–H and O–H groups in total. The first-order chi connectivity index (χ1) is 21.6. The number of piperidine rings is 1. The molecule has 3 aromatic carbocycles. The minimum absolute atomic E-state index is 0.0639. The van der Waals surface area contributed by atoms with Crippen LogP contribution in [-0.4, -0.2) is 46.0 Å². The Morgan fingerprint density at radius 2 is 1.75 bits per heavy atom. The number of amides is 1. The van der Waals surface area contributed by atoms with Gasteiger partial charge in [0.15, 0.2) is 0 Å². The van der Waals surface area contributed by atoms with Crippen molar-refractivity contribution in [3.8, 4) is 0 Å². The molecule has 3 fully saturated rings. The van der Waals surface area contributed by atoms with Crippen molar-refractivity contribution in [2.24, 2.45) is 0 Å². The quantitative estimate of drug-likeness (QED) is 0.216. The summed E-state index contributed by atoms with van der Waals surface area (Å²) < 4.78 is 18.1. The SMILES string of the molecule is O=C1NCC(c2ccccc2)C1=Cc1cc(F)c2c(/C=C/c3ccc(CN4CCCCC4)cc3)nn(C3CCCCS3)c2c1. The Morgan fingerprint density at radius 1 is 0.932 bits per heavy atom. The van der Waals surface area contributed by atoms with Crippen molar-refractivity contribution in [2.75, 3.05) is 25.4 Å². The van der Waals surface area contributed by atoms with Gasteiger partial charge in [-0.1, -0.05) is 67.1 Å². The van der Waals surface area contributed by atoms with Crippen LogP contribution in [0.5, 0.6) is 0 Å². The lowest BCUT2D eigenvalue weighted by Gasteiger charge is -2.26. The van der Waals surface area contributed by atoms with Crippen molar-refractivity contribution in [2.45, 2.75) is 56.4 Å². The van der Waals surface area contributed by atoms with Gasteiger partial charge in [-0.25, -0.2) is 4.39 Å². The molecule has 7 rings (SSSR count). The molecule has 0 aliphatic carbocycles. The largest absolute Gasteiger partial charge is 0.351 e. The molecule has 4 heterocycles. The smallest absolute Gasteiger partial charge is 0.247 e. The standard InChI is InChI=1S/C37H39FN4OS/c38-32-22-28(21-30-31(24-39-37(30)43)29-9-3-1-4-10-29)23-34-36(32)33(40-42(34)35-11-5-8-20-44-35)17-16-26-12-14-27(15-13-26)25-41-18-6-2-7-19-41/h1,3-4,9-10,12-17,21-23,31,35H,2,5-8,11,18-20,24-25H2,(H,39,43)/b17-16+,30-21?. The van der Waals surface area contributed by atoms with Crippen LogP contribution in [0.25, 0.3) is 29.1 Å². The average molecular weight is 607 g/mol. The predicted molar refractivity (Wildman–Crippen MR) is 180 cm³/mol. The van der Waals surface area contributed by atoms with Crippen LogP contribution in [-0.2, 0) is 11.3 Å². The third-order valence-corrected chi connectivity index (χ3v) is 10.5. The number of aromatic nitrogens is 2. The molecule has 226 valence electrons. The number of benzene rings is 3. The highest BCUT2D eigenvalue weighted by Gasteiger charge is 2.30. The number of carbonyl (C=O) groups is 1. The lowest BCUT2D eigenvalue weighted by Crippen LogP contribution is -2.28. The maximum absolute atomic E-state index is 16.1. The highest BCUT2D eigenvalue weighted by molar-refractivity contribution is 7.99. The summed E-state index contributed by atoms with van der Waals surface area (Å²) in [5.41, 5.74) is 6.24. The number of fused-ring (bicyclic) bond motifs is 1. The van der Waals surface area contributed by atoms with E-state index in [0.29, 0.717) is 28.8 Å². The minimum atomic E-state index is -0.312. The molecule has 1 aromatic heterocycles. The molecule has 2 atom stereocenters. The number of nitrogens with zero attached hydrogens (tertiary/aromatic N) is 3. The van der Waals surface area contributed by atoms with Gasteiger partial charge in [0.05, 0.1) is 22.0 Å². The van der Waals surface area contributed by atoms with Gasteiger partial charge >= 0.3 is 0 Å². The molecule has 3 saturated heterocycles. The molecule has 4 aromatic rings. The summed E-state index contributed by atoms with van der Waals surface area (Å²) in [4.78, 5) is 15.4. The van der Waals surface area contributed by atoms with Gasteiger partial charge in [-0.05, 0) is 97.5 Å². The van der Waals surface area contributed by atoms with Crippen molar-refractivity contribution in [1.82, 2.24) is 20.0 Å². The molecular formula is C37H39FN4OS. The van der Waals surface area contributed by atoms with E-state index in [0.717, 1.165) is 41.8 Å². The third-order valence-electron chi connectivity index (χ3n) is 9.14. The number of thioether (sulfide) groups is 1. The second kappa shape index (κ2) is 13.1. The molecule has 7 heteroatoms. The Labute approximate surface area is 263 Å². The van der Waals surface area contributed by atoms with Crippen LogP contribution in [0, 0.1) is 5.82 Å². The third kappa shape index (κ3) is 6.26. The summed E-state index contributed by atoms with van der Waals surface area (Å²) in [7, 11) is 0. The van der Waals surface area contributed by atoms with Crippen LogP contribution in [0.1, 0.15) is 77.8 Å². The Hall–Kier alpha value is -3.68. The number of hydrogen-bond donors (Lipinski definition) is 1. The van der Waals surface area contributed by atoms with Gasteiger partial charge in [0.2, 0.25) is 5.91 Å². The molecule has 3 aliphatic heterocycles. The minimum Gasteiger partial charge on any atom is -0.351 e. The fourth-order valence-corrected chi connectivity index (χ4v) is 8.06. The molecule has 5 nitrogen and oxygen atoms in total. The van der Waals surface area contributed by atoms with Gasteiger partial charge < -0.3 is 5.32 Å². The Kier molecular flexibility index (Phi) is 8.67. The summed E-state index contributed by atoms with van der Waals surface area (Å²) >= 11 is 1.89. The van der Waals surface area contributed by atoms with Crippen molar-refractivity contribution in [1.29, 1.82) is 0 Å². The second-order valence-electron chi connectivity index (χ2n) is 12.2. The highest BCUT2D eigenvalue weighted by atomic mass is 32.2. The monoisotopic (exact) mass is 606 g/mol. The molecule has 44 heavy (non-hydrogen) atoms. The summed E-state index contributed by atoms with van der Waals surface area (Å²) in [5.74, 6) is 0.603. The van der Waals surface area contributed by atoms with Gasteiger partial charge in [0.25, 0.3) is 0 Å². The number of hydrogen-bond acceptors (Lipinski definition) is 4. The maximum Gasteiger partial charge on any atom is 0.247 e. The zero-order valence-corrected chi connectivity index (χ0v) is 25.9. The van der Waals surface area contributed by atoms with E-state index in [1.54, 1.807) is 6.07 Å². The van der Waals surface area contributed by atoms with Crippen molar-refractivity contribution in [3.63, 3.8) is 0 Å². The molecule has 0 radical (unpaired) electrons. The number of carbonyl (C=O) groups excluding carboxylic acids is 1. The van der Waals surface area contributed by atoms with E-state index < -0.39 is 0 Å². The van der Waals surface area contributed by atoms with Crippen LogP contribution in [0.3, 0.4) is 0 Å². The Morgan fingerprint density at radius 3 is 2.52 bits per heavy atom. The van der Waals surface area contributed by atoms with E-state index in [1.165, 1.54) is 44.3 Å². The lowest BCUT2D eigenvalue weighted by atomic mass is 9.92. The Balaban J connectivity index is 1.21. The Bertz CT molecular complexity index is 1680. The van der Waals surface area contributed by atoms with Crippen molar-refractivity contribution in [3.05, 3.63) is 106 Å². The summed E-state index contributed by atoms with van der Waals surface area (Å²) in [6, 6.07) is 22.3. The molecule has 1 amide bonds. The molecule has 3 aliphatic rings. The van der Waals surface area contributed by atoms with E-state index in [1.807, 2.05) is 71.1 Å². The first-order valence-electron chi connectivity index (χ1n) is 16.0. The topological polar surface area (TPSA) is 50.2 Å².